The van der Waals surface area contributed by atoms with Crippen LogP contribution in [0.4, 0.5) is 0 Å². The van der Waals surface area contributed by atoms with Crippen molar-refractivity contribution < 1.29 is 9.21 Å². The van der Waals surface area contributed by atoms with Gasteiger partial charge < -0.3 is 10.2 Å². The molecule has 1 unspecified atom stereocenters. The van der Waals surface area contributed by atoms with E-state index in [9.17, 15) is 4.79 Å². The van der Waals surface area contributed by atoms with Gasteiger partial charge in [0.1, 0.15) is 11.5 Å². The first-order chi connectivity index (χ1) is 5.20. The van der Waals surface area contributed by atoms with Crippen molar-refractivity contribution in [2.24, 2.45) is 5.73 Å². The minimum absolute atomic E-state index is 0. The van der Waals surface area contributed by atoms with E-state index >= 15 is 0 Å². The molecule has 3 nitrogen and oxygen atoms in total. The van der Waals surface area contributed by atoms with E-state index in [0.29, 0.717) is 12.2 Å². The molecule has 12 heavy (non-hydrogen) atoms. The van der Waals surface area contributed by atoms with Crippen LogP contribution >= 0.6 is 0 Å². The first-order valence-corrected chi connectivity index (χ1v) is 3.48. The first-order valence-electron chi connectivity index (χ1n) is 3.48. The molecule has 0 aromatic carbocycles. The number of nitrogens with two attached hydrogens (primary N) is 1. The largest absolute Gasteiger partial charge is 0.468 e. The Labute approximate surface area is 72.6 Å². The van der Waals surface area contributed by atoms with Gasteiger partial charge >= 0.3 is 0 Å². The van der Waals surface area contributed by atoms with Crippen LogP contribution in [0.25, 0.3) is 0 Å². The fourth-order valence-corrected chi connectivity index (χ4v) is 0.913. The van der Waals surface area contributed by atoms with Crippen molar-refractivity contribution in [1.29, 1.82) is 0 Å². The van der Waals surface area contributed by atoms with Gasteiger partial charge in [0.25, 0.3) is 0 Å². The van der Waals surface area contributed by atoms with Crippen molar-refractivity contribution >= 4 is 5.78 Å². The van der Waals surface area contributed by atoms with Gasteiger partial charge in [0.2, 0.25) is 0 Å². The molecule has 0 saturated heterocycles. The Morgan fingerprint density at radius 3 is 2.83 bits per heavy atom. The van der Waals surface area contributed by atoms with Crippen molar-refractivity contribution in [1.82, 2.24) is 0 Å². The van der Waals surface area contributed by atoms with Gasteiger partial charge in [-0.25, -0.2) is 0 Å². The summed E-state index contributed by atoms with van der Waals surface area (Å²) in [7, 11) is 0. The minimum Gasteiger partial charge on any atom is -0.468 e. The van der Waals surface area contributed by atoms with Crippen LogP contribution in [0.15, 0.2) is 22.8 Å². The van der Waals surface area contributed by atoms with E-state index in [-0.39, 0.29) is 19.3 Å². The molecule has 0 spiro atoms. The molecule has 1 aromatic rings. The average Bonchev–Trinajstić information content (AvgIpc) is 2.35. The lowest BCUT2D eigenvalue weighted by molar-refractivity contribution is -0.117. The van der Waals surface area contributed by atoms with E-state index < -0.39 is 0 Å². The second-order valence-electron chi connectivity index (χ2n) is 2.53. The number of rotatable bonds is 3. The van der Waals surface area contributed by atoms with E-state index in [1.165, 1.54) is 6.92 Å². The van der Waals surface area contributed by atoms with Gasteiger partial charge in [-0.05, 0) is 19.1 Å². The van der Waals surface area contributed by atoms with Crippen molar-refractivity contribution in [3.63, 3.8) is 0 Å². The Morgan fingerprint density at radius 2 is 2.42 bits per heavy atom. The summed E-state index contributed by atoms with van der Waals surface area (Å²) in [6.07, 6.45) is 1.89. The highest BCUT2D eigenvalue weighted by Gasteiger charge is 2.10. The zero-order valence-corrected chi connectivity index (χ0v) is 6.41. The highest BCUT2D eigenvalue weighted by atomic mass is 16.3. The Kier molecular flexibility index (Phi) is 4.29. The Bertz CT molecular complexity index is 229. The van der Waals surface area contributed by atoms with E-state index in [1.807, 2.05) is 0 Å². The highest BCUT2D eigenvalue weighted by molar-refractivity contribution is 5.76. The van der Waals surface area contributed by atoms with Crippen LogP contribution in [-0.2, 0) is 4.79 Å². The molecular weight excluding hydrogens is 154 g/mol. The van der Waals surface area contributed by atoms with Crippen LogP contribution < -0.4 is 5.73 Å². The molecule has 1 atom stereocenters. The molecular formula is C9H15NO2. The van der Waals surface area contributed by atoms with Gasteiger partial charge in [-0.2, -0.15) is 0 Å². The monoisotopic (exact) mass is 169 g/mol. The summed E-state index contributed by atoms with van der Waals surface area (Å²) in [6.45, 7) is 1.52. The molecule has 1 heterocycles. The molecule has 0 fully saturated rings. The molecule has 0 aliphatic carbocycles. The summed E-state index contributed by atoms with van der Waals surface area (Å²) < 4.78 is 5.02. The molecule has 68 valence electrons. The van der Waals surface area contributed by atoms with Crippen molar-refractivity contribution in [3.05, 3.63) is 24.2 Å². The Balaban J connectivity index is 0.00000121. The first kappa shape index (κ1) is 10.9. The number of furan rings is 1. The smallest absolute Gasteiger partial charge is 0.131 e. The number of carbonyl (C=O) groups excluding carboxylic acids is 1. The molecule has 2 N–H and O–H groups in total. The maximum absolute atomic E-state index is 10.6. The predicted octanol–water partition coefficient (Wildman–Crippen LogP) is 1.89. The van der Waals surface area contributed by atoms with Crippen molar-refractivity contribution in [3.8, 4) is 0 Å². The fraction of sp³-hybridized carbons (Fsp3) is 0.444. The standard InChI is InChI=1S/C8H11NO2.CH4/c1-6(10)5-7(9)8-3-2-4-11-8;/h2-4,7H,5,9H2,1H3;1H4. The van der Waals surface area contributed by atoms with Crippen LogP contribution in [0.1, 0.15) is 32.6 Å². The zero-order chi connectivity index (χ0) is 8.27. The number of carbonyl (C=O) groups is 1. The molecule has 0 bridgehead atoms. The molecule has 0 saturated carbocycles. The van der Waals surface area contributed by atoms with Crippen molar-refractivity contribution in [2.75, 3.05) is 0 Å². The third kappa shape index (κ3) is 2.88. The SMILES string of the molecule is C.CC(=O)CC(N)c1ccco1. The lowest BCUT2D eigenvalue weighted by atomic mass is 10.1. The number of ketones is 1. The summed E-state index contributed by atoms with van der Waals surface area (Å²) in [4.78, 5) is 10.6. The van der Waals surface area contributed by atoms with Crippen LogP contribution in [0.3, 0.4) is 0 Å². The molecule has 0 aliphatic rings. The van der Waals surface area contributed by atoms with Crippen LogP contribution in [0.2, 0.25) is 0 Å². The molecule has 1 rings (SSSR count). The molecule has 1 aromatic heterocycles. The normalized spacial score (nSPS) is 11.8. The number of Topliss-reactive ketones (excluding diaryl/α,β-unsaturated/α-hetero) is 1. The van der Waals surface area contributed by atoms with Crippen LogP contribution in [-0.4, -0.2) is 5.78 Å². The molecule has 0 aliphatic heterocycles. The van der Waals surface area contributed by atoms with E-state index in [2.05, 4.69) is 0 Å². The third-order valence-corrected chi connectivity index (χ3v) is 1.42. The predicted molar refractivity (Wildman–Crippen MR) is 47.7 cm³/mol. The van der Waals surface area contributed by atoms with Gasteiger partial charge in [0.15, 0.2) is 0 Å². The maximum Gasteiger partial charge on any atom is 0.131 e. The topological polar surface area (TPSA) is 56.2 Å². The zero-order valence-electron chi connectivity index (χ0n) is 6.41. The van der Waals surface area contributed by atoms with E-state index in [1.54, 1.807) is 18.4 Å². The maximum atomic E-state index is 10.6. The quantitative estimate of drug-likeness (QED) is 0.751. The lowest BCUT2D eigenvalue weighted by Gasteiger charge is -2.04. The molecule has 3 heteroatoms. The summed E-state index contributed by atoms with van der Waals surface area (Å²) in [6, 6.07) is 3.24. The summed E-state index contributed by atoms with van der Waals surface area (Å²) in [5.41, 5.74) is 5.63. The molecule has 0 amide bonds. The van der Waals surface area contributed by atoms with Gasteiger partial charge in [0.05, 0.1) is 12.3 Å². The number of hydrogen-bond acceptors (Lipinski definition) is 3. The van der Waals surface area contributed by atoms with Crippen LogP contribution in [0, 0.1) is 0 Å². The third-order valence-electron chi connectivity index (χ3n) is 1.42. The van der Waals surface area contributed by atoms with Gasteiger partial charge in [-0.1, -0.05) is 7.43 Å². The van der Waals surface area contributed by atoms with Gasteiger partial charge in [-0.3, -0.25) is 4.79 Å². The summed E-state index contributed by atoms with van der Waals surface area (Å²) in [5, 5.41) is 0. The number of hydrogen-bond donors (Lipinski definition) is 1. The summed E-state index contributed by atoms with van der Waals surface area (Å²) in [5.74, 6) is 0.745. The average molecular weight is 169 g/mol. The minimum atomic E-state index is -0.289. The van der Waals surface area contributed by atoms with E-state index in [0.717, 1.165) is 0 Å². The van der Waals surface area contributed by atoms with E-state index in [4.69, 9.17) is 10.2 Å². The molecule has 0 radical (unpaired) electrons. The second-order valence-corrected chi connectivity index (χ2v) is 2.53. The Morgan fingerprint density at radius 1 is 1.75 bits per heavy atom. The summed E-state index contributed by atoms with van der Waals surface area (Å²) >= 11 is 0. The lowest BCUT2D eigenvalue weighted by Crippen LogP contribution is -2.12. The van der Waals surface area contributed by atoms with Crippen LogP contribution in [0.5, 0.6) is 0 Å². The highest BCUT2D eigenvalue weighted by Crippen LogP contribution is 2.13. The fourth-order valence-electron chi connectivity index (χ4n) is 0.913. The second kappa shape index (κ2) is 4.72. The van der Waals surface area contributed by atoms with Gasteiger partial charge in [0, 0.05) is 6.42 Å². The van der Waals surface area contributed by atoms with Crippen molar-refractivity contribution in [2.45, 2.75) is 26.8 Å². The van der Waals surface area contributed by atoms with Gasteiger partial charge in [-0.15, -0.1) is 0 Å². The Hall–Kier alpha value is -1.09.